The molecule has 0 spiro atoms. The topological polar surface area (TPSA) is 23.6 Å². The largest absolute Gasteiger partial charge is 0.337 e. The first-order valence-corrected chi connectivity index (χ1v) is 6.48. The molecule has 0 aromatic heterocycles. The van der Waals surface area contributed by atoms with E-state index >= 15 is 0 Å². The van der Waals surface area contributed by atoms with Crippen molar-refractivity contribution in [2.24, 2.45) is 0 Å². The summed E-state index contributed by atoms with van der Waals surface area (Å²) in [6.07, 6.45) is 0.952. The van der Waals surface area contributed by atoms with Gasteiger partial charge in [-0.25, -0.2) is 4.39 Å². The highest BCUT2D eigenvalue weighted by Crippen LogP contribution is 2.12. The van der Waals surface area contributed by atoms with Crippen LogP contribution in [-0.2, 0) is 0 Å². The molecule has 18 heavy (non-hydrogen) atoms. The maximum absolute atomic E-state index is 13.6. The predicted molar refractivity (Wildman–Crippen MR) is 69.0 cm³/mol. The standard InChI is InChI=1S/C14H19FN2O/c1-2-16-8-5-9-17(11-10-16)14(18)12-6-3-4-7-13(12)15/h3-4,6-7H,2,5,8-11H2,1H3. The predicted octanol–water partition coefficient (Wildman–Crippen LogP) is 1.99. The molecule has 0 atom stereocenters. The van der Waals surface area contributed by atoms with Crippen LogP contribution in [0.25, 0.3) is 0 Å². The average Bonchev–Trinajstić information content (AvgIpc) is 2.63. The second-order valence-electron chi connectivity index (χ2n) is 4.56. The van der Waals surface area contributed by atoms with E-state index in [4.69, 9.17) is 0 Å². The average molecular weight is 250 g/mol. The number of benzene rings is 1. The monoisotopic (exact) mass is 250 g/mol. The number of halogens is 1. The Morgan fingerprint density at radius 2 is 2.00 bits per heavy atom. The first-order valence-electron chi connectivity index (χ1n) is 6.48. The van der Waals surface area contributed by atoms with Crippen LogP contribution in [0.3, 0.4) is 0 Å². The van der Waals surface area contributed by atoms with Gasteiger partial charge in [0.25, 0.3) is 5.91 Å². The van der Waals surface area contributed by atoms with E-state index in [1.54, 1.807) is 23.1 Å². The first kappa shape index (κ1) is 13.0. The number of carbonyl (C=O) groups is 1. The molecule has 1 heterocycles. The van der Waals surface area contributed by atoms with Crippen LogP contribution in [0.1, 0.15) is 23.7 Å². The molecule has 1 aliphatic rings. The van der Waals surface area contributed by atoms with Crippen LogP contribution in [0.2, 0.25) is 0 Å². The van der Waals surface area contributed by atoms with Crippen LogP contribution in [0.15, 0.2) is 24.3 Å². The molecule has 1 amide bonds. The van der Waals surface area contributed by atoms with Gasteiger partial charge >= 0.3 is 0 Å². The third-order valence-corrected chi connectivity index (χ3v) is 3.43. The van der Waals surface area contributed by atoms with Crippen molar-refractivity contribution in [2.45, 2.75) is 13.3 Å². The zero-order valence-electron chi connectivity index (χ0n) is 10.7. The van der Waals surface area contributed by atoms with Gasteiger partial charge in [0.05, 0.1) is 5.56 Å². The van der Waals surface area contributed by atoms with E-state index in [9.17, 15) is 9.18 Å². The fourth-order valence-corrected chi connectivity index (χ4v) is 2.30. The molecule has 98 valence electrons. The molecular weight excluding hydrogens is 231 g/mol. The van der Waals surface area contributed by atoms with Crippen molar-refractivity contribution in [3.63, 3.8) is 0 Å². The van der Waals surface area contributed by atoms with E-state index in [2.05, 4.69) is 11.8 Å². The number of nitrogens with zero attached hydrogens (tertiary/aromatic N) is 2. The van der Waals surface area contributed by atoms with Crippen LogP contribution in [0.4, 0.5) is 4.39 Å². The number of carbonyl (C=O) groups excluding carboxylic acids is 1. The molecule has 1 saturated heterocycles. The van der Waals surface area contributed by atoms with Gasteiger partial charge < -0.3 is 9.80 Å². The molecule has 2 rings (SSSR count). The highest BCUT2D eigenvalue weighted by Gasteiger charge is 2.21. The Labute approximate surface area is 107 Å². The Morgan fingerprint density at radius 1 is 1.22 bits per heavy atom. The Kier molecular flexibility index (Phi) is 4.31. The summed E-state index contributed by atoms with van der Waals surface area (Å²) < 4.78 is 13.6. The lowest BCUT2D eigenvalue weighted by atomic mass is 10.2. The number of hydrogen-bond donors (Lipinski definition) is 0. The number of likely N-dealkylation sites (N-methyl/N-ethyl adjacent to an activating group) is 1. The van der Waals surface area contributed by atoms with Gasteiger partial charge in [-0.3, -0.25) is 4.79 Å². The zero-order chi connectivity index (χ0) is 13.0. The van der Waals surface area contributed by atoms with Crippen LogP contribution < -0.4 is 0 Å². The van der Waals surface area contributed by atoms with Crippen LogP contribution in [0, 0.1) is 5.82 Å². The minimum absolute atomic E-state index is 0.183. The van der Waals surface area contributed by atoms with E-state index in [-0.39, 0.29) is 11.5 Å². The minimum atomic E-state index is -0.431. The summed E-state index contributed by atoms with van der Waals surface area (Å²) >= 11 is 0. The second-order valence-corrected chi connectivity index (χ2v) is 4.56. The Balaban J connectivity index is 2.08. The van der Waals surface area contributed by atoms with Crippen molar-refractivity contribution in [3.05, 3.63) is 35.6 Å². The number of amides is 1. The maximum Gasteiger partial charge on any atom is 0.256 e. The zero-order valence-corrected chi connectivity index (χ0v) is 10.7. The van der Waals surface area contributed by atoms with Gasteiger partial charge in [-0.2, -0.15) is 0 Å². The summed E-state index contributed by atoms with van der Waals surface area (Å²) in [6, 6.07) is 6.20. The van der Waals surface area contributed by atoms with Crippen LogP contribution >= 0.6 is 0 Å². The number of rotatable bonds is 2. The van der Waals surface area contributed by atoms with Crippen molar-refractivity contribution >= 4 is 5.91 Å². The Morgan fingerprint density at radius 3 is 2.72 bits per heavy atom. The quantitative estimate of drug-likeness (QED) is 0.801. The van der Waals surface area contributed by atoms with Gasteiger partial charge in [0.15, 0.2) is 0 Å². The lowest BCUT2D eigenvalue weighted by Gasteiger charge is -2.21. The molecule has 0 bridgehead atoms. The first-order chi connectivity index (χ1) is 8.72. The molecule has 1 aromatic rings. The molecule has 0 aliphatic carbocycles. The second kappa shape index (κ2) is 5.96. The van der Waals surface area contributed by atoms with E-state index in [1.807, 2.05) is 0 Å². The molecule has 0 N–H and O–H groups in total. The van der Waals surface area contributed by atoms with E-state index < -0.39 is 5.82 Å². The van der Waals surface area contributed by atoms with Gasteiger partial charge in [0.2, 0.25) is 0 Å². The van der Waals surface area contributed by atoms with Crippen molar-refractivity contribution in [1.29, 1.82) is 0 Å². The molecule has 1 aliphatic heterocycles. The molecular formula is C14H19FN2O. The molecule has 0 saturated carbocycles. The SMILES string of the molecule is CCN1CCCN(C(=O)c2ccccc2F)CC1. The van der Waals surface area contributed by atoms with Crippen molar-refractivity contribution in [2.75, 3.05) is 32.7 Å². The van der Waals surface area contributed by atoms with Crippen molar-refractivity contribution in [1.82, 2.24) is 9.80 Å². The highest BCUT2D eigenvalue weighted by atomic mass is 19.1. The minimum Gasteiger partial charge on any atom is -0.337 e. The molecule has 4 heteroatoms. The molecule has 1 fully saturated rings. The Bertz CT molecular complexity index is 422. The van der Waals surface area contributed by atoms with E-state index in [1.165, 1.54) is 6.07 Å². The normalized spacial score (nSPS) is 17.6. The number of hydrogen-bond acceptors (Lipinski definition) is 2. The highest BCUT2D eigenvalue weighted by molar-refractivity contribution is 5.94. The summed E-state index contributed by atoms with van der Waals surface area (Å²) in [4.78, 5) is 16.3. The van der Waals surface area contributed by atoms with Crippen LogP contribution in [0.5, 0.6) is 0 Å². The fraction of sp³-hybridized carbons (Fsp3) is 0.500. The van der Waals surface area contributed by atoms with Gasteiger partial charge in [-0.1, -0.05) is 19.1 Å². The lowest BCUT2D eigenvalue weighted by molar-refractivity contribution is 0.0757. The molecule has 3 nitrogen and oxygen atoms in total. The Hall–Kier alpha value is -1.42. The molecule has 1 aromatic carbocycles. The van der Waals surface area contributed by atoms with Gasteiger partial charge in [0.1, 0.15) is 5.82 Å². The van der Waals surface area contributed by atoms with Gasteiger partial charge in [0, 0.05) is 19.6 Å². The smallest absolute Gasteiger partial charge is 0.256 e. The molecule has 0 unspecified atom stereocenters. The summed E-state index contributed by atoms with van der Waals surface area (Å²) in [5, 5.41) is 0. The van der Waals surface area contributed by atoms with Crippen LogP contribution in [-0.4, -0.2) is 48.4 Å². The van der Waals surface area contributed by atoms with Gasteiger partial charge in [-0.15, -0.1) is 0 Å². The van der Waals surface area contributed by atoms with Crippen molar-refractivity contribution < 1.29 is 9.18 Å². The fourth-order valence-electron chi connectivity index (χ4n) is 2.30. The summed E-state index contributed by atoms with van der Waals surface area (Å²) in [7, 11) is 0. The van der Waals surface area contributed by atoms with E-state index in [0.717, 1.165) is 26.1 Å². The molecule has 0 radical (unpaired) electrons. The van der Waals surface area contributed by atoms with E-state index in [0.29, 0.717) is 13.1 Å². The summed E-state index contributed by atoms with van der Waals surface area (Å²) in [5.41, 5.74) is 0.183. The lowest BCUT2D eigenvalue weighted by Crippen LogP contribution is -2.35. The van der Waals surface area contributed by atoms with Crippen molar-refractivity contribution in [3.8, 4) is 0 Å². The summed E-state index contributed by atoms with van der Waals surface area (Å²) in [5.74, 6) is -0.620. The summed E-state index contributed by atoms with van der Waals surface area (Å²) in [6.45, 7) is 6.40. The third-order valence-electron chi connectivity index (χ3n) is 3.43. The third kappa shape index (κ3) is 2.88. The maximum atomic E-state index is 13.6. The van der Waals surface area contributed by atoms with Gasteiger partial charge in [-0.05, 0) is 31.6 Å².